The van der Waals surface area contributed by atoms with Crippen molar-refractivity contribution in [3.05, 3.63) is 78.4 Å². The number of aliphatic hydroxyl groups is 1. The Morgan fingerprint density at radius 3 is 2.35 bits per heavy atom. The Kier molecular flexibility index (Phi) is 13.1. The fourth-order valence-corrected chi connectivity index (χ4v) is 7.80. The van der Waals surface area contributed by atoms with Gasteiger partial charge in [-0.3, -0.25) is 9.52 Å². The summed E-state index contributed by atoms with van der Waals surface area (Å²) in [6, 6.07) is 18.0. The molecule has 3 aromatic carbocycles. The van der Waals surface area contributed by atoms with E-state index < -0.39 is 38.1 Å². The number of anilines is 1. The molecule has 1 amide bonds. The number of nitrogens with one attached hydrogen (secondary N) is 1. The van der Waals surface area contributed by atoms with Crippen LogP contribution in [-0.4, -0.2) is 95.8 Å². The first kappa shape index (κ1) is 38.1. The lowest BCUT2D eigenvalue weighted by Gasteiger charge is -2.35. The highest BCUT2D eigenvalue weighted by molar-refractivity contribution is 7.92. The Balaban J connectivity index is 1.66. The van der Waals surface area contributed by atoms with Crippen molar-refractivity contribution in [2.24, 2.45) is 5.92 Å². The molecule has 0 bridgehead atoms. The van der Waals surface area contributed by atoms with Gasteiger partial charge in [-0.25, -0.2) is 16.8 Å². The molecule has 3 aromatic rings. The summed E-state index contributed by atoms with van der Waals surface area (Å²) in [6.07, 6.45) is 1.24. The SMILES string of the molecule is COc1ccc(S(=O)(=O)N(C)C[C@H]2OCCCC[C@@H](C)Oc3ccc(NS(=O)(=O)c4ccccc4)cc3C(=O)N([C@H](C)CO)C[C@@H]2C)cc1. The lowest BCUT2D eigenvalue weighted by atomic mass is 10.0. The molecule has 0 unspecified atom stereocenters. The van der Waals surface area contributed by atoms with Crippen LogP contribution < -0.4 is 14.2 Å². The van der Waals surface area contributed by atoms with Crippen LogP contribution in [0.15, 0.2) is 82.6 Å². The van der Waals surface area contributed by atoms with Crippen molar-refractivity contribution in [1.82, 2.24) is 9.21 Å². The number of rotatable bonds is 10. The van der Waals surface area contributed by atoms with Gasteiger partial charge in [0.1, 0.15) is 11.5 Å². The number of benzene rings is 3. The number of amides is 1. The van der Waals surface area contributed by atoms with Gasteiger partial charge >= 0.3 is 0 Å². The van der Waals surface area contributed by atoms with Crippen LogP contribution in [0.25, 0.3) is 0 Å². The number of nitrogens with zero attached hydrogens (tertiary/aromatic N) is 2. The standard InChI is InChI=1S/C35H47N3O9S2/c1-25-22-38(26(2)24-39)35(40)32-21-28(36-48(41,42)30-12-7-6-8-13-30)14-19-33(32)47-27(3)11-9-10-20-46-34(25)23-37(4)49(43,44)31-17-15-29(45-5)16-18-31/h6-8,12-19,21,25-27,34,36,39H,9-11,20,22-24H2,1-5H3/t25-,26+,27+,34+/m0/s1. The van der Waals surface area contributed by atoms with Gasteiger partial charge in [-0.15, -0.1) is 0 Å². The quantitative estimate of drug-likeness (QED) is 0.306. The summed E-state index contributed by atoms with van der Waals surface area (Å²) in [7, 11) is -4.82. The van der Waals surface area contributed by atoms with Crippen LogP contribution >= 0.6 is 0 Å². The third kappa shape index (κ3) is 9.73. The number of ether oxygens (including phenoxy) is 3. The zero-order valence-corrected chi connectivity index (χ0v) is 30.2. The highest BCUT2D eigenvalue weighted by atomic mass is 32.2. The van der Waals surface area contributed by atoms with E-state index in [2.05, 4.69) is 4.72 Å². The molecule has 0 radical (unpaired) electrons. The van der Waals surface area contributed by atoms with Crippen molar-refractivity contribution < 1.29 is 40.9 Å². The molecule has 1 aliphatic rings. The highest BCUT2D eigenvalue weighted by Gasteiger charge is 2.32. The van der Waals surface area contributed by atoms with E-state index in [0.717, 1.165) is 6.42 Å². The molecular formula is C35H47N3O9S2. The average molecular weight is 718 g/mol. The molecule has 0 aromatic heterocycles. The van der Waals surface area contributed by atoms with Gasteiger partial charge in [-0.2, -0.15) is 4.31 Å². The zero-order valence-electron chi connectivity index (χ0n) is 28.6. The molecule has 1 aliphatic heterocycles. The average Bonchev–Trinajstić information content (AvgIpc) is 3.09. The summed E-state index contributed by atoms with van der Waals surface area (Å²) in [4.78, 5) is 16.0. The zero-order chi connectivity index (χ0) is 35.8. The molecule has 0 fully saturated rings. The summed E-state index contributed by atoms with van der Waals surface area (Å²) in [6.45, 7) is 5.63. The van der Waals surface area contributed by atoms with Gasteiger partial charge in [0.2, 0.25) is 10.0 Å². The predicted octanol–water partition coefficient (Wildman–Crippen LogP) is 4.61. The first-order valence-corrected chi connectivity index (χ1v) is 19.2. The first-order valence-electron chi connectivity index (χ1n) is 16.3. The Bertz CT molecular complexity index is 1750. The van der Waals surface area contributed by atoms with Crippen LogP contribution in [0.3, 0.4) is 0 Å². The van der Waals surface area contributed by atoms with Crippen molar-refractivity contribution in [2.45, 2.75) is 68.1 Å². The second kappa shape index (κ2) is 16.8. The molecule has 0 saturated heterocycles. The van der Waals surface area contributed by atoms with Gasteiger partial charge in [-0.05, 0) is 87.7 Å². The van der Waals surface area contributed by atoms with Crippen LogP contribution in [0, 0.1) is 5.92 Å². The predicted molar refractivity (Wildman–Crippen MR) is 187 cm³/mol. The van der Waals surface area contributed by atoms with Crippen molar-refractivity contribution in [1.29, 1.82) is 0 Å². The third-order valence-corrected chi connectivity index (χ3v) is 11.8. The van der Waals surface area contributed by atoms with E-state index in [1.807, 2.05) is 13.8 Å². The van der Waals surface area contributed by atoms with Crippen LogP contribution in [0.4, 0.5) is 5.69 Å². The van der Waals surface area contributed by atoms with Crippen molar-refractivity contribution in [2.75, 3.05) is 45.2 Å². The van der Waals surface area contributed by atoms with E-state index in [1.54, 1.807) is 49.4 Å². The van der Waals surface area contributed by atoms with Gasteiger partial charge in [0.05, 0.1) is 47.3 Å². The van der Waals surface area contributed by atoms with Crippen molar-refractivity contribution >= 4 is 31.6 Å². The van der Waals surface area contributed by atoms with E-state index >= 15 is 0 Å². The molecular weight excluding hydrogens is 671 g/mol. The number of methoxy groups -OCH3 is 1. The number of likely N-dealkylation sites (N-methyl/N-ethyl adjacent to an activating group) is 1. The minimum Gasteiger partial charge on any atom is -0.497 e. The van der Waals surface area contributed by atoms with Crippen LogP contribution in [0.1, 0.15) is 50.4 Å². The normalized spacial score (nSPS) is 20.5. The Labute approximate surface area is 290 Å². The minimum absolute atomic E-state index is 0.0204. The number of aliphatic hydroxyl groups excluding tert-OH is 1. The Morgan fingerprint density at radius 1 is 1.00 bits per heavy atom. The van der Waals surface area contributed by atoms with Crippen LogP contribution in [-0.2, 0) is 24.8 Å². The number of carbonyl (C=O) groups is 1. The molecule has 49 heavy (non-hydrogen) atoms. The van der Waals surface area contributed by atoms with E-state index in [9.17, 15) is 26.7 Å². The smallest absolute Gasteiger partial charge is 0.261 e. The molecule has 2 N–H and O–H groups in total. The Morgan fingerprint density at radius 2 is 1.69 bits per heavy atom. The Hall–Kier alpha value is -3.69. The first-order chi connectivity index (χ1) is 23.3. The molecule has 14 heteroatoms. The van der Waals surface area contributed by atoms with Crippen molar-refractivity contribution in [3.8, 4) is 11.5 Å². The molecule has 0 saturated carbocycles. The van der Waals surface area contributed by atoms with Crippen LogP contribution in [0.5, 0.6) is 11.5 Å². The van der Waals surface area contributed by atoms with Crippen LogP contribution in [0.2, 0.25) is 0 Å². The summed E-state index contributed by atoms with van der Waals surface area (Å²) in [5.74, 6) is -0.0312. The minimum atomic E-state index is -3.95. The summed E-state index contributed by atoms with van der Waals surface area (Å²) >= 11 is 0. The summed E-state index contributed by atoms with van der Waals surface area (Å²) < 4.78 is 74.8. The molecule has 1 heterocycles. The lowest BCUT2D eigenvalue weighted by molar-refractivity contribution is -0.00833. The van der Waals surface area contributed by atoms with E-state index in [1.165, 1.54) is 53.7 Å². The molecule has 268 valence electrons. The second-order valence-electron chi connectivity index (χ2n) is 12.4. The van der Waals surface area contributed by atoms with Gasteiger partial charge in [-0.1, -0.05) is 25.1 Å². The number of hydrogen-bond acceptors (Lipinski definition) is 9. The molecule has 12 nitrogen and oxygen atoms in total. The van der Waals surface area contributed by atoms with Gasteiger partial charge < -0.3 is 24.2 Å². The maximum atomic E-state index is 14.4. The molecule has 0 spiro atoms. The molecule has 4 rings (SSSR count). The number of hydrogen-bond donors (Lipinski definition) is 2. The fraction of sp³-hybridized carbons (Fsp3) is 0.457. The van der Waals surface area contributed by atoms with Gasteiger partial charge in [0.15, 0.2) is 0 Å². The number of sulfonamides is 2. The molecule has 4 atom stereocenters. The molecule has 0 aliphatic carbocycles. The number of fused-ring (bicyclic) bond motifs is 1. The summed E-state index contributed by atoms with van der Waals surface area (Å²) in [5, 5.41) is 10.2. The lowest BCUT2D eigenvalue weighted by Crippen LogP contribution is -2.48. The highest BCUT2D eigenvalue weighted by Crippen LogP contribution is 2.30. The second-order valence-corrected chi connectivity index (χ2v) is 16.1. The van der Waals surface area contributed by atoms with Crippen molar-refractivity contribution in [3.63, 3.8) is 0 Å². The maximum absolute atomic E-state index is 14.4. The van der Waals surface area contributed by atoms with E-state index in [4.69, 9.17) is 14.2 Å². The summed E-state index contributed by atoms with van der Waals surface area (Å²) in [5.41, 5.74) is 0.297. The maximum Gasteiger partial charge on any atom is 0.261 e. The largest absolute Gasteiger partial charge is 0.497 e. The van der Waals surface area contributed by atoms with Gasteiger partial charge in [0.25, 0.3) is 15.9 Å². The fourth-order valence-electron chi connectivity index (χ4n) is 5.54. The monoisotopic (exact) mass is 717 g/mol. The third-order valence-electron chi connectivity index (χ3n) is 8.56. The number of carbonyl (C=O) groups excluding carboxylic acids is 1. The topological polar surface area (TPSA) is 152 Å². The van der Waals surface area contributed by atoms with E-state index in [0.29, 0.717) is 25.2 Å². The van der Waals surface area contributed by atoms with Gasteiger partial charge in [0, 0.05) is 38.3 Å². The van der Waals surface area contributed by atoms with E-state index in [-0.39, 0.29) is 58.5 Å².